The Morgan fingerprint density at radius 1 is 1.17 bits per heavy atom. The molecule has 0 spiro atoms. The van der Waals surface area contributed by atoms with Gasteiger partial charge in [-0.1, -0.05) is 18.2 Å². The van der Waals surface area contributed by atoms with Crippen LogP contribution < -0.4 is 0 Å². The van der Waals surface area contributed by atoms with E-state index in [1.54, 1.807) is 0 Å². The number of aromatic nitrogens is 1. The smallest absolute Gasteiger partial charge is 0.0594 e. The number of hydrogen-bond donors (Lipinski definition) is 0. The van der Waals surface area contributed by atoms with Gasteiger partial charge in [0, 0.05) is 44.3 Å². The molecule has 2 aromatic rings. The second-order valence-corrected chi connectivity index (χ2v) is 4.96. The van der Waals surface area contributed by atoms with Crippen molar-refractivity contribution in [2.75, 3.05) is 32.8 Å². The van der Waals surface area contributed by atoms with Crippen molar-refractivity contribution in [3.05, 3.63) is 36.0 Å². The van der Waals surface area contributed by atoms with E-state index >= 15 is 0 Å². The first kappa shape index (κ1) is 11.8. The summed E-state index contributed by atoms with van der Waals surface area (Å²) in [6.45, 7) is 5.05. The Morgan fingerprint density at radius 3 is 2.72 bits per heavy atom. The highest BCUT2D eigenvalue weighted by Crippen LogP contribution is 2.18. The van der Waals surface area contributed by atoms with Gasteiger partial charge < -0.3 is 9.30 Å². The van der Waals surface area contributed by atoms with E-state index in [2.05, 4.69) is 46.8 Å². The minimum atomic E-state index is 0.884. The molecule has 18 heavy (non-hydrogen) atoms. The largest absolute Gasteiger partial charge is 0.379 e. The Kier molecular flexibility index (Phi) is 3.35. The minimum absolute atomic E-state index is 0.884. The number of nitrogens with zero attached hydrogens (tertiary/aromatic N) is 2. The summed E-state index contributed by atoms with van der Waals surface area (Å²) in [7, 11) is 2.16. The Morgan fingerprint density at radius 2 is 1.94 bits per heavy atom. The summed E-state index contributed by atoms with van der Waals surface area (Å²) < 4.78 is 7.69. The van der Waals surface area contributed by atoms with Crippen LogP contribution in [0.2, 0.25) is 0 Å². The quantitative estimate of drug-likeness (QED) is 0.822. The molecule has 3 rings (SSSR count). The maximum absolute atomic E-state index is 5.38. The first-order chi connectivity index (χ1) is 8.84. The van der Waals surface area contributed by atoms with Crippen molar-refractivity contribution in [3.8, 4) is 0 Å². The molecule has 1 aliphatic rings. The van der Waals surface area contributed by atoms with E-state index in [0.29, 0.717) is 0 Å². The zero-order chi connectivity index (χ0) is 12.4. The maximum atomic E-state index is 5.38. The Bertz CT molecular complexity index is 526. The van der Waals surface area contributed by atoms with Crippen LogP contribution >= 0.6 is 0 Å². The van der Waals surface area contributed by atoms with Gasteiger partial charge in [-0.3, -0.25) is 4.90 Å². The number of aryl methyl sites for hydroxylation is 1. The lowest BCUT2D eigenvalue weighted by Crippen LogP contribution is -2.37. The molecule has 0 radical (unpaired) electrons. The third-order valence-corrected chi connectivity index (χ3v) is 3.84. The zero-order valence-corrected chi connectivity index (χ0v) is 10.9. The molecule has 0 saturated carbocycles. The normalized spacial score (nSPS) is 17.4. The van der Waals surface area contributed by atoms with E-state index in [9.17, 15) is 0 Å². The van der Waals surface area contributed by atoms with Crippen molar-refractivity contribution in [3.63, 3.8) is 0 Å². The van der Waals surface area contributed by atoms with Crippen molar-refractivity contribution >= 4 is 10.9 Å². The van der Waals surface area contributed by atoms with E-state index in [-0.39, 0.29) is 0 Å². The van der Waals surface area contributed by atoms with Gasteiger partial charge in [0.05, 0.1) is 13.2 Å². The summed E-state index contributed by atoms with van der Waals surface area (Å²) in [5.41, 5.74) is 2.75. The Balaban J connectivity index is 1.72. The average Bonchev–Trinajstić information content (AvgIpc) is 2.75. The molecule has 1 aromatic heterocycles. The summed E-state index contributed by atoms with van der Waals surface area (Å²) in [5.74, 6) is 0. The molecule has 0 unspecified atom stereocenters. The number of hydrogen-bond acceptors (Lipinski definition) is 2. The van der Waals surface area contributed by atoms with Crippen LogP contribution in [0.1, 0.15) is 5.69 Å². The van der Waals surface area contributed by atoms with Gasteiger partial charge in [0.25, 0.3) is 0 Å². The molecule has 1 fully saturated rings. The SMILES string of the molecule is Cn1c(CCN2CCOCC2)cc2ccccc21. The molecule has 0 N–H and O–H groups in total. The highest BCUT2D eigenvalue weighted by atomic mass is 16.5. The number of benzene rings is 1. The van der Waals surface area contributed by atoms with Gasteiger partial charge in [0.1, 0.15) is 0 Å². The highest BCUT2D eigenvalue weighted by molar-refractivity contribution is 5.81. The minimum Gasteiger partial charge on any atom is -0.379 e. The van der Waals surface area contributed by atoms with Gasteiger partial charge in [-0.05, 0) is 17.5 Å². The molecule has 2 heterocycles. The van der Waals surface area contributed by atoms with Crippen LogP contribution in [-0.2, 0) is 18.2 Å². The van der Waals surface area contributed by atoms with Crippen molar-refractivity contribution in [1.82, 2.24) is 9.47 Å². The van der Waals surface area contributed by atoms with E-state index in [1.807, 2.05) is 0 Å². The Hall–Kier alpha value is -1.32. The molecule has 0 aliphatic carbocycles. The van der Waals surface area contributed by atoms with Gasteiger partial charge in [0.15, 0.2) is 0 Å². The summed E-state index contributed by atoms with van der Waals surface area (Å²) in [6.07, 6.45) is 1.12. The summed E-state index contributed by atoms with van der Waals surface area (Å²) >= 11 is 0. The van der Waals surface area contributed by atoms with Crippen molar-refractivity contribution in [1.29, 1.82) is 0 Å². The first-order valence-electron chi connectivity index (χ1n) is 6.68. The van der Waals surface area contributed by atoms with E-state index in [0.717, 1.165) is 39.3 Å². The number of ether oxygens (including phenoxy) is 1. The molecule has 1 saturated heterocycles. The standard InChI is InChI=1S/C15H20N2O/c1-16-14(6-7-17-8-10-18-11-9-17)12-13-4-2-3-5-15(13)16/h2-5,12H,6-11H2,1H3. The van der Waals surface area contributed by atoms with Crippen LogP contribution in [0.15, 0.2) is 30.3 Å². The van der Waals surface area contributed by atoms with Crippen molar-refractivity contribution in [2.45, 2.75) is 6.42 Å². The lowest BCUT2D eigenvalue weighted by molar-refractivity contribution is 0.0383. The van der Waals surface area contributed by atoms with Crippen LogP contribution in [0.5, 0.6) is 0 Å². The van der Waals surface area contributed by atoms with Gasteiger partial charge >= 0.3 is 0 Å². The summed E-state index contributed by atoms with van der Waals surface area (Å²) in [6, 6.07) is 10.9. The average molecular weight is 244 g/mol. The molecule has 3 nitrogen and oxygen atoms in total. The fourth-order valence-electron chi connectivity index (χ4n) is 2.68. The van der Waals surface area contributed by atoms with E-state index < -0.39 is 0 Å². The topological polar surface area (TPSA) is 17.4 Å². The van der Waals surface area contributed by atoms with Crippen molar-refractivity contribution in [2.24, 2.45) is 7.05 Å². The predicted octanol–water partition coefficient (Wildman–Crippen LogP) is 2.05. The maximum Gasteiger partial charge on any atom is 0.0594 e. The molecule has 3 heteroatoms. The molecule has 0 amide bonds. The monoisotopic (exact) mass is 244 g/mol. The zero-order valence-electron chi connectivity index (χ0n) is 10.9. The molecule has 1 aromatic carbocycles. The van der Waals surface area contributed by atoms with E-state index in [1.165, 1.54) is 16.6 Å². The molecular weight excluding hydrogens is 224 g/mol. The molecule has 96 valence electrons. The summed E-state index contributed by atoms with van der Waals surface area (Å²) in [4.78, 5) is 2.49. The number of para-hydroxylation sites is 1. The van der Waals surface area contributed by atoms with Crippen LogP contribution in [-0.4, -0.2) is 42.3 Å². The van der Waals surface area contributed by atoms with Gasteiger partial charge in [-0.2, -0.15) is 0 Å². The van der Waals surface area contributed by atoms with Gasteiger partial charge in [-0.15, -0.1) is 0 Å². The summed E-state index contributed by atoms with van der Waals surface area (Å²) in [5, 5.41) is 1.34. The third kappa shape index (κ3) is 2.28. The fourth-order valence-corrected chi connectivity index (χ4v) is 2.68. The van der Waals surface area contributed by atoms with E-state index in [4.69, 9.17) is 4.74 Å². The van der Waals surface area contributed by atoms with Crippen LogP contribution in [0.4, 0.5) is 0 Å². The van der Waals surface area contributed by atoms with Crippen LogP contribution in [0.25, 0.3) is 10.9 Å². The molecule has 0 atom stereocenters. The predicted molar refractivity (Wildman–Crippen MR) is 73.9 cm³/mol. The van der Waals surface area contributed by atoms with Gasteiger partial charge in [0.2, 0.25) is 0 Å². The van der Waals surface area contributed by atoms with Crippen LogP contribution in [0, 0.1) is 0 Å². The molecule has 1 aliphatic heterocycles. The molecule has 0 bridgehead atoms. The number of rotatable bonds is 3. The second-order valence-electron chi connectivity index (χ2n) is 4.96. The Labute approximate surface area is 108 Å². The third-order valence-electron chi connectivity index (χ3n) is 3.84. The van der Waals surface area contributed by atoms with Crippen LogP contribution in [0.3, 0.4) is 0 Å². The molecular formula is C15H20N2O. The fraction of sp³-hybridized carbons (Fsp3) is 0.467. The lowest BCUT2D eigenvalue weighted by Gasteiger charge is -2.26. The lowest BCUT2D eigenvalue weighted by atomic mass is 10.2. The van der Waals surface area contributed by atoms with Gasteiger partial charge in [-0.25, -0.2) is 0 Å². The number of fused-ring (bicyclic) bond motifs is 1. The highest BCUT2D eigenvalue weighted by Gasteiger charge is 2.11. The second kappa shape index (κ2) is 5.12. The first-order valence-corrected chi connectivity index (χ1v) is 6.68. The number of morpholine rings is 1. The van der Waals surface area contributed by atoms with Crippen molar-refractivity contribution < 1.29 is 4.74 Å².